The Hall–Kier alpha value is -3.14. The zero-order valence-electron chi connectivity index (χ0n) is 23.2. The summed E-state index contributed by atoms with van der Waals surface area (Å²) in [4.78, 5) is 43.3. The Balaban J connectivity index is 1.20. The molecule has 206 valence electrons. The molecule has 2 aromatic rings. The fraction of sp³-hybridized carbons (Fsp3) is 0.643. The van der Waals surface area contributed by atoms with Crippen LogP contribution in [0.2, 0.25) is 0 Å². The van der Waals surface area contributed by atoms with Crippen LogP contribution in [0, 0.1) is 5.92 Å². The predicted octanol–water partition coefficient (Wildman–Crippen LogP) is 2.86. The van der Waals surface area contributed by atoms with Crippen molar-refractivity contribution in [1.29, 1.82) is 0 Å². The van der Waals surface area contributed by atoms with E-state index < -0.39 is 11.5 Å². The molecule has 5 rings (SSSR count). The fourth-order valence-corrected chi connectivity index (χ4v) is 5.99. The van der Waals surface area contributed by atoms with Crippen molar-refractivity contribution in [2.24, 2.45) is 13.0 Å². The summed E-state index contributed by atoms with van der Waals surface area (Å²) in [5.41, 5.74) is 2.44. The molecule has 0 spiro atoms. The monoisotopic (exact) mass is 524 g/mol. The van der Waals surface area contributed by atoms with Gasteiger partial charge in [0.2, 0.25) is 11.8 Å². The molecule has 10 nitrogen and oxygen atoms in total. The molecule has 0 saturated carbocycles. The number of hydrogen-bond acceptors (Lipinski definition) is 7. The Morgan fingerprint density at radius 3 is 2.63 bits per heavy atom. The van der Waals surface area contributed by atoms with E-state index >= 15 is 0 Å². The number of benzene rings is 1. The van der Waals surface area contributed by atoms with Gasteiger partial charge < -0.3 is 14.5 Å². The Bertz CT molecular complexity index is 1230. The lowest BCUT2D eigenvalue weighted by atomic mass is 9.93. The summed E-state index contributed by atoms with van der Waals surface area (Å²) >= 11 is 0. The number of piperidine rings is 1. The molecule has 10 heteroatoms. The molecule has 1 unspecified atom stereocenters. The first-order valence-corrected chi connectivity index (χ1v) is 13.8. The smallest absolute Gasteiger partial charge is 0.410 e. The maximum Gasteiger partial charge on any atom is 0.410 e. The van der Waals surface area contributed by atoms with Crippen LogP contribution in [0.25, 0.3) is 10.9 Å². The molecule has 0 bridgehead atoms. The number of ether oxygens (including phenoxy) is 1. The minimum atomic E-state index is -0.476. The third-order valence-electron chi connectivity index (χ3n) is 7.99. The highest BCUT2D eigenvalue weighted by Gasteiger charge is 2.34. The van der Waals surface area contributed by atoms with E-state index in [-0.39, 0.29) is 17.9 Å². The third-order valence-corrected chi connectivity index (χ3v) is 7.99. The van der Waals surface area contributed by atoms with Gasteiger partial charge in [0.1, 0.15) is 5.60 Å². The molecule has 3 aliphatic rings. The standard InChI is InChI=1S/C28H40N6O4/c1-18-15-34(27(37)38-28(2,3)4)13-12-32(18)16-19-10-11-33(17-19)20-6-7-21-23(14-20)31(5)30-25(21)22-8-9-24(35)29-26(22)36/h6-7,14,18-19,22H,8-13,15-17H2,1-5H3,(H,29,35,36)/t18-,19-,22?/m0/s1. The van der Waals surface area contributed by atoms with Crippen LogP contribution in [-0.2, 0) is 21.4 Å². The molecule has 1 N–H and O–H groups in total. The molecular weight excluding hydrogens is 484 g/mol. The number of piperazine rings is 1. The number of rotatable bonds is 4. The van der Waals surface area contributed by atoms with Crippen molar-refractivity contribution in [3.63, 3.8) is 0 Å². The molecule has 3 fully saturated rings. The van der Waals surface area contributed by atoms with Gasteiger partial charge in [-0.1, -0.05) is 0 Å². The van der Waals surface area contributed by atoms with Crippen LogP contribution in [-0.4, -0.2) is 88.4 Å². The number of fused-ring (bicyclic) bond motifs is 1. The number of aryl methyl sites for hydroxylation is 1. The summed E-state index contributed by atoms with van der Waals surface area (Å²) in [6, 6.07) is 6.66. The van der Waals surface area contributed by atoms with Crippen LogP contribution >= 0.6 is 0 Å². The SMILES string of the molecule is C[C@H]1CN(C(=O)OC(C)(C)C)CCN1C[C@@H]1CCN(c2ccc3c(C4CCC(=O)NC4=O)nn(C)c3c2)C1. The molecule has 0 aliphatic carbocycles. The maximum absolute atomic E-state index is 12.5. The van der Waals surface area contributed by atoms with E-state index in [2.05, 4.69) is 45.3 Å². The lowest BCUT2D eigenvalue weighted by molar-refractivity contribution is -0.134. The molecule has 1 aromatic heterocycles. The zero-order valence-corrected chi connectivity index (χ0v) is 23.2. The number of anilines is 1. The maximum atomic E-state index is 12.5. The van der Waals surface area contributed by atoms with E-state index in [4.69, 9.17) is 4.74 Å². The summed E-state index contributed by atoms with van der Waals surface area (Å²) in [7, 11) is 1.91. The van der Waals surface area contributed by atoms with Crippen molar-refractivity contribution >= 4 is 34.5 Å². The largest absolute Gasteiger partial charge is 0.444 e. The van der Waals surface area contributed by atoms with Crippen molar-refractivity contribution in [1.82, 2.24) is 24.9 Å². The minimum Gasteiger partial charge on any atom is -0.444 e. The summed E-state index contributed by atoms with van der Waals surface area (Å²) in [6.07, 6.45) is 1.75. The van der Waals surface area contributed by atoms with Crippen molar-refractivity contribution in [3.8, 4) is 0 Å². The van der Waals surface area contributed by atoms with Crippen molar-refractivity contribution in [3.05, 3.63) is 23.9 Å². The highest BCUT2D eigenvalue weighted by molar-refractivity contribution is 6.02. The van der Waals surface area contributed by atoms with Gasteiger partial charge in [-0.25, -0.2) is 4.79 Å². The van der Waals surface area contributed by atoms with Gasteiger partial charge in [-0.2, -0.15) is 5.10 Å². The van der Waals surface area contributed by atoms with E-state index in [1.807, 2.05) is 37.4 Å². The second-order valence-corrected chi connectivity index (χ2v) is 12.1. The number of hydrogen-bond donors (Lipinski definition) is 1. The van der Waals surface area contributed by atoms with Gasteiger partial charge in [0.15, 0.2) is 0 Å². The molecule has 0 radical (unpaired) electrons. The number of amides is 3. The van der Waals surface area contributed by atoms with E-state index in [9.17, 15) is 14.4 Å². The van der Waals surface area contributed by atoms with Gasteiger partial charge in [0, 0.05) is 69.9 Å². The molecule has 3 amide bonds. The summed E-state index contributed by atoms with van der Waals surface area (Å²) < 4.78 is 7.41. The average molecular weight is 525 g/mol. The summed E-state index contributed by atoms with van der Waals surface area (Å²) in [5, 5.41) is 8.10. The molecule has 1 aromatic carbocycles. The quantitative estimate of drug-likeness (QED) is 0.614. The number of carbonyl (C=O) groups is 3. The van der Waals surface area contributed by atoms with Crippen molar-refractivity contribution < 1.29 is 19.1 Å². The van der Waals surface area contributed by atoms with Crippen LogP contribution in [0.3, 0.4) is 0 Å². The number of nitrogens with one attached hydrogen (secondary N) is 1. The topological polar surface area (TPSA) is 100 Å². The highest BCUT2D eigenvalue weighted by Crippen LogP contribution is 2.33. The zero-order chi connectivity index (χ0) is 27.2. The summed E-state index contributed by atoms with van der Waals surface area (Å²) in [6.45, 7) is 13.2. The molecule has 38 heavy (non-hydrogen) atoms. The number of nitrogens with zero attached hydrogens (tertiary/aromatic N) is 5. The van der Waals surface area contributed by atoms with Gasteiger partial charge in [0.25, 0.3) is 0 Å². The molecule has 3 saturated heterocycles. The molecule has 3 aliphatic heterocycles. The first-order valence-electron chi connectivity index (χ1n) is 13.8. The molecule has 4 heterocycles. The van der Waals surface area contributed by atoms with Gasteiger partial charge in [-0.15, -0.1) is 0 Å². The average Bonchev–Trinajstić information content (AvgIpc) is 3.43. The number of imide groups is 1. The Morgan fingerprint density at radius 1 is 1.13 bits per heavy atom. The van der Waals surface area contributed by atoms with Gasteiger partial charge in [-0.05, 0) is 64.7 Å². The van der Waals surface area contributed by atoms with E-state index in [1.165, 1.54) is 5.69 Å². The molecular formula is C28H40N6O4. The van der Waals surface area contributed by atoms with Crippen molar-refractivity contribution in [2.75, 3.05) is 44.2 Å². The van der Waals surface area contributed by atoms with E-state index in [0.717, 1.165) is 49.2 Å². The van der Waals surface area contributed by atoms with E-state index in [1.54, 1.807) is 0 Å². The van der Waals surface area contributed by atoms with Crippen LogP contribution in [0.15, 0.2) is 18.2 Å². The minimum absolute atomic E-state index is 0.211. The second-order valence-electron chi connectivity index (χ2n) is 12.1. The first kappa shape index (κ1) is 26.5. The lowest BCUT2D eigenvalue weighted by Gasteiger charge is -2.41. The van der Waals surface area contributed by atoms with Crippen LogP contribution in [0.5, 0.6) is 0 Å². The number of aromatic nitrogens is 2. The van der Waals surface area contributed by atoms with Crippen LogP contribution in [0.1, 0.15) is 58.6 Å². The van der Waals surface area contributed by atoms with E-state index in [0.29, 0.717) is 37.9 Å². The normalized spacial score (nSPS) is 25.2. The number of carbonyl (C=O) groups excluding carboxylic acids is 3. The van der Waals surface area contributed by atoms with Gasteiger partial charge in [0.05, 0.1) is 17.1 Å². The fourth-order valence-electron chi connectivity index (χ4n) is 5.99. The highest BCUT2D eigenvalue weighted by atomic mass is 16.6. The van der Waals surface area contributed by atoms with Gasteiger partial charge >= 0.3 is 6.09 Å². The van der Waals surface area contributed by atoms with Crippen molar-refractivity contribution in [2.45, 2.75) is 64.5 Å². The Morgan fingerprint density at radius 2 is 1.92 bits per heavy atom. The van der Waals surface area contributed by atoms with Crippen LogP contribution in [0.4, 0.5) is 10.5 Å². The first-order chi connectivity index (χ1) is 18.0. The third kappa shape index (κ3) is 5.50. The second kappa shape index (κ2) is 10.2. The van der Waals surface area contributed by atoms with Gasteiger partial charge in [-0.3, -0.25) is 24.5 Å². The predicted molar refractivity (Wildman–Crippen MR) is 145 cm³/mol. The molecule has 3 atom stereocenters. The Kier molecular flexibility index (Phi) is 7.11. The lowest BCUT2D eigenvalue weighted by Crippen LogP contribution is -2.55. The summed E-state index contributed by atoms with van der Waals surface area (Å²) in [5.74, 6) is -0.298. The van der Waals surface area contributed by atoms with Crippen LogP contribution < -0.4 is 10.2 Å². The Labute approximate surface area is 224 Å².